The van der Waals surface area contributed by atoms with Gasteiger partial charge in [0.15, 0.2) is 0 Å². The molecule has 2 aromatic carbocycles. The average molecular weight is 374 g/mol. The predicted molar refractivity (Wildman–Crippen MR) is 110 cm³/mol. The van der Waals surface area contributed by atoms with E-state index in [-0.39, 0.29) is 11.8 Å². The standard InChI is InChI=1S/C22H31O3P/c1-6-7-16-26(23,24-21-14-10-8-12-19(21)17(2)3)25-22-15-11-9-13-20(22)18(4)5/h8-15,17-18H,6-7,16H2,1-5H3. The third kappa shape index (κ3) is 5.38. The molecule has 0 N–H and O–H groups in total. The molecule has 0 heterocycles. The SMILES string of the molecule is CCCCP(=O)(Oc1ccccc1C(C)C)Oc1ccccc1C(C)C. The van der Waals surface area contributed by atoms with Crippen LogP contribution < -0.4 is 9.05 Å². The van der Waals surface area contributed by atoms with Gasteiger partial charge in [0.2, 0.25) is 0 Å². The Morgan fingerprint density at radius 2 is 1.23 bits per heavy atom. The highest BCUT2D eigenvalue weighted by Gasteiger charge is 2.30. The number of unbranched alkanes of at least 4 members (excludes halogenated alkanes) is 1. The minimum atomic E-state index is -3.31. The van der Waals surface area contributed by atoms with Crippen LogP contribution in [0.3, 0.4) is 0 Å². The van der Waals surface area contributed by atoms with Crippen LogP contribution >= 0.6 is 7.60 Å². The van der Waals surface area contributed by atoms with Gasteiger partial charge in [0.1, 0.15) is 11.5 Å². The van der Waals surface area contributed by atoms with E-state index in [2.05, 4.69) is 34.6 Å². The van der Waals surface area contributed by atoms with Crippen molar-refractivity contribution in [3.63, 3.8) is 0 Å². The maximum atomic E-state index is 13.6. The lowest BCUT2D eigenvalue weighted by atomic mass is 10.0. The van der Waals surface area contributed by atoms with Crippen LogP contribution in [0.15, 0.2) is 48.5 Å². The van der Waals surface area contributed by atoms with Gasteiger partial charge in [-0.1, -0.05) is 77.4 Å². The molecule has 142 valence electrons. The molecular formula is C22H31O3P. The second-order valence-electron chi connectivity index (χ2n) is 7.26. The van der Waals surface area contributed by atoms with Crippen LogP contribution in [-0.4, -0.2) is 6.16 Å². The van der Waals surface area contributed by atoms with Gasteiger partial charge in [-0.15, -0.1) is 0 Å². The second kappa shape index (κ2) is 9.28. The summed E-state index contributed by atoms with van der Waals surface area (Å²) in [6.45, 7) is 10.5. The Bertz CT molecular complexity index is 695. The Balaban J connectivity index is 2.36. The van der Waals surface area contributed by atoms with Gasteiger partial charge in [0.25, 0.3) is 0 Å². The van der Waals surface area contributed by atoms with Crippen LogP contribution in [0.1, 0.15) is 70.4 Å². The Labute approximate surface area is 158 Å². The first-order chi connectivity index (χ1) is 12.4. The van der Waals surface area contributed by atoms with E-state index < -0.39 is 7.60 Å². The van der Waals surface area contributed by atoms with Crippen molar-refractivity contribution in [2.75, 3.05) is 6.16 Å². The molecule has 2 rings (SSSR count). The second-order valence-corrected chi connectivity index (χ2v) is 9.29. The normalized spacial score (nSPS) is 11.8. The third-order valence-electron chi connectivity index (χ3n) is 4.34. The molecule has 0 bridgehead atoms. The molecule has 4 heteroatoms. The Hall–Kier alpha value is -1.73. The minimum absolute atomic E-state index is 0.286. The maximum absolute atomic E-state index is 13.6. The fourth-order valence-electron chi connectivity index (χ4n) is 2.84. The van der Waals surface area contributed by atoms with Crippen molar-refractivity contribution in [3.8, 4) is 11.5 Å². The summed E-state index contributed by atoms with van der Waals surface area (Å²) >= 11 is 0. The van der Waals surface area contributed by atoms with Gasteiger partial charge >= 0.3 is 7.60 Å². The lowest BCUT2D eigenvalue weighted by molar-refractivity contribution is 0.379. The molecule has 0 saturated carbocycles. The maximum Gasteiger partial charge on any atom is 0.430 e. The summed E-state index contributed by atoms with van der Waals surface area (Å²) in [6, 6.07) is 15.6. The number of benzene rings is 2. The van der Waals surface area contributed by atoms with Crippen molar-refractivity contribution in [2.45, 2.75) is 59.3 Å². The molecule has 0 radical (unpaired) electrons. The smallest absolute Gasteiger partial charge is 0.416 e. The third-order valence-corrected chi connectivity index (χ3v) is 6.16. The number of hydrogen-bond donors (Lipinski definition) is 0. The van der Waals surface area contributed by atoms with Crippen molar-refractivity contribution in [1.29, 1.82) is 0 Å². The van der Waals surface area contributed by atoms with Crippen molar-refractivity contribution < 1.29 is 13.6 Å². The van der Waals surface area contributed by atoms with E-state index in [1.54, 1.807) is 0 Å². The number of rotatable bonds is 9. The molecule has 26 heavy (non-hydrogen) atoms. The van der Waals surface area contributed by atoms with Gasteiger partial charge in [-0.2, -0.15) is 0 Å². The molecule has 0 aliphatic rings. The largest absolute Gasteiger partial charge is 0.430 e. The van der Waals surface area contributed by atoms with Crippen LogP contribution in [0.4, 0.5) is 0 Å². The first-order valence-corrected chi connectivity index (χ1v) is 11.2. The zero-order valence-electron chi connectivity index (χ0n) is 16.6. The van der Waals surface area contributed by atoms with Crippen LogP contribution in [0, 0.1) is 0 Å². The topological polar surface area (TPSA) is 35.5 Å². The van der Waals surface area contributed by atoms with Crippen molar-refractivity contribution in [2.24, 2.45) is 0 Å². The molecule has 0 saturated heterocycles. The quantitative estimate of drug-likeness (QED) is 0.429. The minimum Gasteiger partial charge on any atom is -0.416 e. The van der Waals surface area contributed by atoms with Gasteiger partial charge in [0.05, 0.1) is 6.16 Å². The van der Waals surface area contributed by atoms with Crippen LogP contribution in [-0.2, 0) is 4.57 Å². The molecule has 0 aromatic heterocycles. The summed E-state index contributed by atoms with van der Waals surface area (Å²) in [6.07, 6.45) is 2.14. The summed E-state index contributed by atoms with van der Waals surface area (Å²) in [4.78, 5) is 0. The Morgan fingerprint density at radius 1 is 0.808 bits per heavy atom. The van der Waals surface area contributed by atoms with Crippen molar-refractivity contribution >= 4 is 7.60 Å². The Morgan fingerprint density at radius 3 is 1.62 bits per heavy atom. The van der Waals surface area contributed by atoms with E-state index in [1.165, 1.54) is 0 Å². The monoisotopic (exact) mass is 374 g/mol. The molecule has 0 aliphatic heterocycles. The number of para-hydroxylation sites is 2. The van der Waals surface area contributed by atoms with E-state index in [0.29, 0.717) is 17.7 Å². The van der Waals surface area contributed by atoms with E-state index in [1.807, 2.05) is 48.5 Å². The first-order valence-electron chi connectivity index (χ1n) is 9.52. The van der Waals surface area contributed by atoms with Gasteiger partial charge in [0, 0.05) is 0 Å². The molecule has 0 atom stereocenters. The first kappa shape index (κ1) is 20.6. The molecule has 0 fully saturated rings. The molecule has 0 aliphatic carbocycles. The lowest BCUT2D eigenvalue weighted by Gasteiger charge is -2.24. The van der Waals surface area contributed by atoms with Crippen molar-refractivity contribution in [3.05, 3.63) is 59.7 Å². The highest BCUT2D eigenvalue weighted by atomic mass is 31.2. The molecule has 0 spiro atoms. The highest BCUT2D eigenvalue weighted by Crippen LogP contribution is 2.51. The molecule has 2 aromatic rings. The summed E-state index contributed by atoms with van der Waals surface area (Å²) in [5.41, 5.74) is 2.09. The van der Waals surface area contributed by atoms with E-state index in [0.717, 1.165) is 24.0 Å². The van der Waals surface area contributed by atoms with Gasteiger partial charge < -0.3 is 9.05 Å². The summed E-state index contributed by atoms with van der Waals surface area (Å²) in [7, 11) is -3.31. The molecular weight excluding hydrogens is 343 g/mol. The average Bonchev–Trinajstić information content (AvgIpc) is 2.60. The summed E-state index contributed by atoms with van der Waals surface area (Å²) in [5.74, 6) is 1.88. The zero-order chi connectivity index (χ0) is 19.2. The van der Waals surface area contributed by atoms with Crippen LogP contribution in [0.2, 0.25) is 0 Å². The molecule has 0 amide bonds. The van der Waals surface area contributed by atoms with E-state index in [9.17, 15) is 4.57 Å². The predicted octanol–water partition coefficient (Wildman–Crippen LogP) is 7.38. The van der Waals surface area contributed by atoms with E-state index in [4.69, 9.17) is 9.05 Å². The lowest BCUT2D eigenvalue weighted by Crippen LogP contribution is -2.08. The van der Waals surface area contributed by atoms with Gasteiger partial charge in [-0.05, 0) is 41.5 Å². The highest BCUT2D eigenvalue weighted by molar-refractivity contribution is 7.54. The molecule has 3 nitrogen and oxygen atoms in total. The van der Waals surface area contributed by atoms with E-state index >= 15 is 0 Å². The number of hydrogen-bond acceptors (Lipinski definition) is 3. The van der Waals surface area contributed by atoms with Crippen LogP contribution in [0.5, 0.6) is 11.5 Å². The van der Waals surface area contributed by atoms with Gasteiger partial charge in [-0.3, -0.25) is 0 Å². The fourth-order valence-corrected chi connectivity index (χ4v) is 4.70. The summed E-state index contributed by atoms with van der Waals surface area (Å²) < 4.78 is 25.8. The van der Waals surface area contributed by atoms with Crippen LogP contribution in [0.25, 0.3) is 0 Å². The summed E-state index contributed by atoms with van der Waals surface area (Å²) in [5, 5.41) is 0. The molecule has 0 unspecified atom stereocenters. The Kier molecular flexibility index (Phi) is 7.34. The fraction of sp³-hybridized carbons (Fsp3) is 0.455. The zero-order valence-corrected chi connectivity index (χ0v) is 17.5. The van der Waals surface area contributed by atoms with Gasteiger partial charge in [-0.25, -0.2) is 4.57 Å². The van der Waals surface area contributed by atoms with Crippen molar-refractivity contribution in [1.82, 2.24) is 0 Å².